The number of benzene rings is 2. The minimum Gasteiger partial charge on any atom is -0.381 e. The smallest absolute Gasteiger partial charge is 0.381 e. The first-order chi connectivity index (χ1) is 21.3. The Hall–Kier alpha value is -4.41. The van der Waals surface area contributed by atoms with Crippen molar-refractivity contribution < 1.29 is 41.3 Å². The van der Waals surface area contributed by atoms with Crippen LogP contribution in [-0.2, 0) is 27.8 Å². The van der Waals surface area contributed by atoms with Crippen molar-refractivity contribution in [3.63, 3.8) is 0 Å². The SMILES string of the molecule is CCOC(CN(C(=O)Nc1ccc(C(F)(F)F)cc1)c1cnn([C@H](C)[C@](O)(Cn2cncn2)c2ccc(F)cc2F)c1)OCC. The van der Waals surface area contributed by atoms with E-state index in [0.29, 0.717) is 6.07 Å². The van der Waals surface area contributed by atoms with Gasteiger partial charge < -0.3 is 19.9 Å². The molecule has 0 radical (unpaired) electrons. The maximum atomic E-state index is 15.0. The van der Waals surface area contributed by atoms with Gasteiger partial charge in [0, 0.05) is 36.7 Å². The molecule has 11 nitrogen and oxygen atoms in total. The van der Waals surface area contributed by atoms with E-state index >= 15 is 4.39 Å². The first-order valence-electron chi connectivity index (χ1n) is 13.9. The number of alkyl halides is 3. The highest BCUT2D eigenvalue weighted by molar-refractivity contribution is 6.01. The molecule has 45 heavy (non-hydrogen) atoms. The Morgan fingerprint density at radius 2 is 1.76 bits per heavy atom. The minimum absolute atomic E-state index is 0.0946. The fraction of sp³-hybridized carbons (Fsp3) is 0.379. The van der Waals surface area contributed by atoms with E-state index in [1.54, 1.807) is 20.8 Å². The van der Waals surface area contributed by atoms with Crippen LogP contribution in [0.4, 0.5) is 38.1 Å². The lowest BCUT2D eigenvalue weighted by Crippen LogP contribution is -2.42. The molecule has 2 atom stereocenters. The summed E-state index contributed by atoms with van der Waals surface area (Å²) in [5.41, 5.74) is -2.86. The summed E-state index contributed by atoms with van der Waals surface area (Å²) in [6, 6.07) is 4.95. The van der Waals surface area contributed by atoms with Crippen molar-refractivity contribution in [2.45, 2.75) is 51.4 Å². The summed E-state index contributed by atoms with van der Waals surface area (Å²) in [4.78, 5) is 18.6. The predicted octanol–water partition coefficient (Wildman–Crippen LogP) is 5.36. The standard InChI is InChI=1S/C29H32F5N7O4/c1-4-44-26(45-5-2)15-40(27(42)38-22-9-6-20(7-10-22)29(32,33)34)23-13-36-41(14-23)19(3)28(43,16-39-18-35-17-37-39)24-11-8-21(30)12-25(24)31/h6-14,17-19,26,43H,4-5,15-16H2,1-3H3,(H,38,42)/t19-,28-/m1/s1. The van der Waals surface area contributed by atoms with E-state index in [1.807, 2.05) is 0 Å². The van der Waals surface area contributed by atoms with Crippen LogP contribution in [0.5, 0.6) is 0 Å². The van der Waals surface area contributed by atoms with Crippen LogP contribution in [0.2, 0.25) is 0 Å². The van der Waals surface area contributed by atoms with Crippen molar-refractivity contribution in [1.29, 1.82) is 0 Å². The Labute approximate surface area is 255 Å². The largest absolute Gasteiger partial charge is 0.416 e. The third-order valence-corrected chi connectivity index (χ3v) is 7.00. The zero-order chi connectivity index (χ0) is 32.8. The predicted molar refractivity (Wildman–Crippen MR) is 152 cm³/mol. The quantitative estimate of drug-likeness (QED) is 0.150. The van der Waals surface area contributed by atoms with Gasteiger partial charge in [-0.25, -0.2) is 23.2 Å². The van der Waals surface area contributed by atoms with Gasteiger partial charge in [-0.2, -0.15) is 23.4 Å². The third kappa shape index (κ3) is 8.01. The number of anilines is 2. The molecule has 2 aromatic carbocycles. The molecule has 2 N–H and O–H groups in total. The van der Waals surface area contributed by atoms with Crippen LogP contribution in [-0.4, -0.2) is 61.7 Å². The third-order valence-electron chi connectivity index (χ3n) is 7.00. The molecule has 0 aliphatic carbocycles. The van der Waals surface area contributed by atoms with Gasteiger partial charge in [-0.3, -0.25) is 9.58 Å². The molecule has 0 saturated heterocycles. The Kier molecular flexibility index (Phi) is 10.5. The molecular formula is C29H32F5N7O4. The van der Waals surface area contributed by atoms with Crippen LogP contribution in [0.15, 0.2) is 67.5 Å². The molecule has 4 aromatic rings. The number of ether oxygens (including phenoxy) is 2. The van der Waals surface area contributed by atoms with E-state index in [4.69, 9.17) is 9.47 Å². The maximum absolute atomic E-state index is 15.0. The number of aliphatic hydroxyl groups is 1. The summed E-state index contributed by atoms with van der Waals surface area (Å²) in [7, 11) is 0. The zero-order valence-electron chi connectivity index (χ0n) is 24.6. The summed E-state index contributed by atoms with van der Waals surface area (Å²) in [5, 5.41) is 22.8. The summed E-state index contributed by atoms with van der Waals surface area (Å²) in [6.45, 7) is 5.10. The molecule has 2 heterocycles. The average Bonchev–Trinajstić information content (AvgIpc) is 3.68. The summed E-state index contributed by atoms with van der Waals surface area (Å²) in [5.74, 6) is -1.83. The monoisotopic (exact) mass is 637 g/mol. The second-order valence-electron chi connectivity index (χ2n) is 9.95. The van der Waals surface area contributed by atoms with Crippen molar-refractivity contribution in [2.24, 2.45) is 0 Å². The van der Waals surface area contributed by atoms with Gasteiger partial charge in [0.15, 0.2) is 6.29 Å². The van der Waals surface area contributed by atoms with E-state index in [-0.39, 0.29) is 43.2 Å². The van der Waals surface area contributed by atoms with Crippen LogP contribution in [0.1, 0.15) is 37.9 Å². The number of hydrogen-bond donors (Lipinski definition) is 2. The lowest BCUT2D eigenvalue weighted by molar-refractivity contribution is -0.137. The second kappa shape index (κ2) is 14.1. The summed E-state index contributed by atoms with van der Waals surface area (Å²) < 4.78 is 81.7. The number of rotatable bonds is 13. The van der Waals surface area contributed by atoms with E-state index in [9.17, 15) is 27.5 Å². The molecule has 2 amide bonds. The van der Waals surface area contributed by atoms with E-state index in [0.717, 1.165) is 36.4 Å². The number of nitrogens with zero attached hydrogens (tertiary/aromatic N) is 6. The first-order valence-corrected chi connectivity index (χ1v) is 13.9. The van der Waals surface area contributed by atoms with E-state index in [1.165, 1.54) is 39.3 Å². The molecule has 16 heteroatoms. The van der Waals surface area contributed by atoms with Gasteiger partial charge in [0.2, 0.25) is 0 Å². The van der Waals surface area contributed by atoms with Crippen molar-refractivity contribution in [3.05, 3.63) is 90.3 Å². The lowest BCUT2D eigenvalue weighted by Gasteiger charge is -2.35. The number of amides is 2. The highest BCUT2D eigenvalue weighted by atomic mass is 19.4. The first kappa shape index (κ1) is 33.5. The second-order valence-corrected chi connectivity index (χ2v) is 9.95. The molecule has 0 unspecified atom stereocenters. The van der Waals surface area contributed by atoms with Gasteiger partial charge in [-0.05, 0) is 51.1 Å². The number of urea groups is 1. The molecule has 242 valence electrons. The molecular weight excluding hydrogens is 605 g/mol. The van der Waals surface area contributed by atoms with Gasteiger partial charge in [-0.15, -0.1) is 0 Å². The lowest BCUT2D eigenvalue weighted by atomic mass is 9.86. The van der Waals surface area contributed by atoms with E-state index in [2.05, 4.69) is 20.5 Å². The molecule has 0 fully saturated rings. The topological polar surface area (TPSA) is 120 Å². The molecule has 2 aromatic heterocycles. The highest BCUT2D eigenvalue weighted by Crippen LogP contribution is 2.37. The summed E-state index contributed by atoms with van der Waals surface area (Å²) in [6.07, 6.45) is -0.138. The molecule has 0 aliphatic rings. The number of hydrogen-bond acceptors (Lipinski definition) is 7. The highest BCUT2D eigenvalue weighted by Gasteiger charge is 2.41. The van der Waals surface area contributed by atoms with Gasteiger partial charge in [0.1, 0.15) is 29.9 Å². The number of carbonyl (C=O) groups is 1. The van der Waals surface area contributed by atoms with Crippen LogP contribution >= 0.6 is 0 Å². The summed E-state index contributed by atoms with van der Waals surface area (Å²) >= 11 is 0. The van der Waals surface area contributed by atoms with Crippen LogP contribution in [0, 0.1) is 11.6 Å². The molecule has 0 aliphatic heterocycles. The van der Waals surface area contributed by atoms with Crippen molar-refractivity contribution in [1.82, 2.24) is 24.5 Å². The van der Waals surface area contributed by atoms with Crippen molar-refractivity contribution in [3.8, 4) is 0 Å². The molecule has 0 spiro atoms. The molecule has 0 saturated carbocycles. The molecule has 0 bridgehead atoms. The van der Waals surface area contributed by atoms with Gasteiger partial charge in [-0.1, -0.05) is 6.07 Å². The van der Waals surface area contributed by atoms with Crippen LogP contribution in [0.25, 0.3) is 0 Å². The van der Waals surface area contributed by atoms with Gasteiger partial charge in [0.25, 0.3) is 0 Å². The maximum Gasteiger partial charge on any atom is 0.416 e. The Balaban J connectivity index is 1.68. The van der Waals surface area contributed by atoms with Crippen molar-refractivity contribution >= 4 is 17.4 Å². The van der Waals surface area contributed by atoms with Gasteiger partial charge >= 0.3 is 12.2 Å². The Bertz CT molecular complexity index is 1540. The minimum atomic E-state index is -4.55. The fourth-order valence-electron chi connectivity index (χ4n) is 4.66. The fourth-order valence-corrected chi connectivity index (χ4v) is 4.66. The van der Waals surface area contributed by atoms with E-state index < -0.39 is 47.3 Å². The number of nitrogens with one attached hydrogen (secondary N) is 1. The van der Waals surface area contributed by atoms with Crippen LogP contribution < -0.4 is 10.2 Å². The Morgan fingerprint density at radius 1 is 1.07 bits per heavy atom. The van der Waals surface area contributed by atoms with Gasteiger partial charge in [0.05, 0.1) is 36.6 Å². The Morgan fingerprint density at radius 3 is 2.33 bits per heavy atom. The zero-order valence-corrected chi connectivity index (χ0v) is 24.6. The molecule has 4 rings (SSSR count). The number of halogens is 5. The number of carbonyl (C=O) groups excluding carboxylic acids is 1. The normalized spacial score (nSPS) is 13.9. The van der Waals surface area contributed by atoms with Crippen LogP contribution in [0.3, 0.4) is 0 Å². The van der Waals surface area contributed by atoms with Crippen molar-refractivity contribution in [2.75, 3.05) is 30.0 Å². The average molecular weight is 638 g/mol. The number of aromatic nitrogens is 5.